The molecule has 0 saturated heterocycles. The minimum Gasteiger partial charge on any atom is -0.480 e. The van der Waals surface area contributed by atoms with Crippen molar-refractivity contribution in [3.05, 3.63) is 24.0 Å². The van der Waals surface area contributed by atoms with Gasteiger partial charge in [0.15, 0.2) is 0 Å². The van der Waals surface area contributed by atoms with Gasteiger partial charge in [0.1, 0.15) is 11.7 Å². The maximum absolute atomic E-state index is 12.3. The zero-order valence-corrected chi connectivity index (χ0v) is 9.77. The van der Waals surface area contributed by atoms with Crippen molar-refractivity contribution in [1.82, 2.24) is 9.88 Å². The third-order valence-corrected chi connectivity index (χ3v) is 2.41. The van der Waals surface area contributed by atoms with E-state index in [4.69, 9.17) is 5.11 Å². The number of rotatable bonds is 6. The third kappa shape index (κ3) is 3.54. The van der Waals surface area contributed by atoms with Crippen molar-refractivity contribution in [2.45, 2.75) is 32.4 Å². The van der Waals surface area contributed by atoms with Crippen LogP contribution in [0, 0.1) is 0 Å². The van der Waals surface area contributed by atoms with Crippen molar-refractivity contribution in [2.75, 3.05) is 0 Å². The number of carboxylic acid groups (broad SMARTS) is 1. The SMILES string of the molecule is CC[C@H](NC(=O)c1cccn1CC(F)F)C(=O)O. The molecular formula is C11H14F2N2O3. The van der Waals surface area contributed by atoms with Crippen LogP contribution in [0.3, 0.4) is 0 Å². The molecule has 0 fully saturated rings. The van der Waals surface area contributed by atoms with E-state index in [0.29, 0.717) is 0 Å². The van der Waals surface area contributed by atoms with Crippen LogP contribution in [0.2, 0.25) is 0 Å². The van der Waals surface area contributed by atoms with Crippen molar-refractivity contribution in [2.24, 2.45) is 0 Å². The summed E-state index contributed by atoms with van der Waals surface area (Å²) in [6.45, 7) is 1.01. The number of alkyl halides is 2. The Morgan fingerprint density at radius 3 is 2.67 bits per heavy atom. The highest BCUT2D eigenvalue weighted by molar-refractivity contribution is 5.95. The van der Waals surface area contributed by atoms with Gasteiger partial charge in [-0.25, -0.2) is 13.6 Å². The smallest absolute Gasteiger partial charge is 0.326 e. The minimum absolute atomic E-state index is 0.0231. The molecule has 1 amide bonds. The van der Waals surface area contributed by atoms with Crippen LogP contribution in [0.25, 0.3) is 0 Å². The summed E-state index contributed by atoms with van der Waals surface area (Å²) in [4.78, 5) is 22.5. The van der Waals surface area contributed by atoms with E-state index in [1.807, 2.05) is 0 Å². The summed E-state index contributed by atoms with van der Waals surface area (Å²) in [5, 5.41) is 11.1. The van der Waals surface area contributed by atoms with Crippen LogP contribution in [-0.2, 0) is 11.3 Å². The van der Waals surface area contributed by atoms with E-state index < -0.39 is 30.9 Å². The number of aromatic nitrogens is 1. The fraction of sp³-hybridized carbons (Fsp3) is 0.455. The first-order valence-electron chi connectivity index (χ1n) is 5.42. The normalized spacial score (nSPS) is 12.4. The lowest BCUT2D eigenvalue weighted by Gasteiger charge is -2.13. The molecule has 1 aromatic rings. The maximum Gasteiger partial charge on any atom is 0.326 e. The van der Waals surface area contributed by atoms with E-state index in [2.05, 4.69) is 5.32 Å². The fourth-order valence-electron chi connectivity index (χ4n) is 1.50. The second kappa shape index (κ2) is 6.13. The van der Waals surface area contributed by atoms with E-state index in [0.717, 1.165) is 4.57 Å². The molecule has 1 rings (SSSR count). The summed E-state index contributed by atoms with van der Waals surface area (Å²) < 4.78 is 25.6. The van der Waals surface area contributed by atoms with Crippen molar-refractivity contribution in [3.8, 4) is 0 Å². The summed E-state index contributed by atoms with van der Waals surface area (Å²) in [6.07, 6.45) is -1.01. The Labute approximate surface area is 102 Å². The molecule has 100 valence electrons. The van der Waals surface area contributed by atoms with Crippen molar-refractivity contribution in [1.29, 1.82) is 0 Å². The van der Waals surface area contributed by atoms with Crippen LogP contribution in [0.15, 0.2) is 18.3 Å². The molecule has 0 aliphatic rings. The molecule has 0 unspecified atom stereocenters. The Bertz CT molecular complexity index is 432. The average Bonchev–Trinajstić information content (AvgIpc) is 2.72. The van der Waals surface area contributed by atoms with Gasteiger partial charge in [-0.3, -0.25) is 4.79 Å². The van der Waals surface area contributed by atoms with E-state index in [1.54, 1.807) is 6.92 Å². The molecule has 1 aromatic heterocycles. The van der Waals surface area contributed by atoms with E-state index >= 15 is 0 Å². The van der Waals surface area contributed by atoms with Gasteiger partial charge in [0.05, 0.1) is 6.54 Å². The van der Waals surface area contributed by atoms with Gasteiger partial charge in [-0.2, -0.15) is 0 Å². The van der Waals surface area contributed by atoms with E-state index in [-0.39, 0.29) is 12.1 Å². The molecule has 0 bridgehead atoms. The number of halogens is 2. The summed E-state index contributed by atoms with van der Waals surface area (Å²) in [7, 11) is 0. The van der Waals surface area contributed by atoms with Gasteiger partial charge in [-0.15, -0.1) is 0 Å². The molecule has 0 saturated carbocycles. The number of carbonyl (C=O) groups is 2. The third-order valence-electron chi connectivity index (χ3n) is 2.41. The Hall–Kier alpha value is -1.92. The summed E-state index contributed by atoms with van der Waals surface area (Å²) in [5.41, 5.74) is 0.0231. The van der Waals surface area contributed by atoms with Gasteiger partial charge in [-0.1, -0.05) is 6.92 Å². The summed E-state index contributed by atoms with van der Waals surface area (Å²) in [5.74, 6) is -1.83. The van der Waals surface area contributed by atoms with Gasteiger partial charge in [0, 0.05) is 6.20 Å². The molecule has 0 aliphatic heterocycles. The molecule has 1 atom stereocenters. The van der Waals surface area contributed by atoms with E-state index in [1.165, 1.54) is 18.3 Å². The van der Waals surface area contributed by atoms with Gasteiger partial charge < -0.3 is 15.0 Å². The highest BCUT2D eigenvalue weighted by Gasteiger charge is 2.20. The van der Waals surface area contributed by atoms with Crippen molar-refractivity contribution >= 4 is 11.9 Å². The van der Waals surface area contributed by atoms with Gasteiger partial charge in [0.2, 0.25) is 0 Å². The Morgan fingerprint density at radius 2 is 2.17 bits per heavy atom. The second-order valence-corrected chi connectivity index (χ2v) is 3.71. The van der Waals surface area contributed by atoms with Crippen LogP contribution < -0.4 is 5.32 Å². The van der Waals surface area contributed by atoms with Crippen LogP contribution in [0.1, 0.15) is 23.8 Å². The first kappa shape index (κ1) is 14.1. The molecule has 0 radical (unpaired) electrons. The maximum atomic E-state index is 12.3. The molecule has 0 spiro atoms. The Balaban J connectivity index is 2.78. The molecule has 0 aliphatic carbocycles. The number of carboxylic acids is 1. The predicted octanol–water partition coefficient (Wildman–Crippen LogP) is 1.35. The summed E-state index contributed by atoms with van der Waals surface area (Å²) >= 11 is 0. The van der Waals surface area contributed by atoms with Crippen LogP contribution in [-0.4, -0.2) is 34.0 Å². The van der Waals surface area contributed by atoms with Crippen molar-refractivity contribution < 1.29 is 23.5 Å². The Kier molecular flexibility index (Phi) is 4.82. The van der Waals surface area contributed by atoms with Gasteiger partial charge in [-0.05, 0) is 18.6 Å². The first-order chi connectivity index (χ1) is 8.45. The molecule has 5 nitrogen and oxygen atoms in total. The average molecular weight is 260 g/mol. The predicted molar refractivity (Wildman–Crippen MR) is 59.6 cm³/mol. The number of carbonyl (C=O) groups excluding carboxylic acids is 1. The second-order valence-electron chi connectivity index (χ2n) is 3.71. The van der Waals surface area contributed by atoms with Gasteiger partial charge >= 0.3 is 5.97 Å². The lowest BCUT2D eigenvalue weighted by Crippen LogP contribution is -2.41. The number of nitrogens with one attached hydrogen (secondary N) is 1. The van der Waals surface area contributed by atoms with Crippen LogP contribution >= 0.6 is 0 Å². The lowest BCUT2D eigenvalue weighted by atomic mass is 10.2. The lowest BCUT2D eigenvalue weighted by molar-refractivity contribution is -0.139. The number of hydrogen-bond donors (Lipinski definition) is 2. The van der Waals surface area contributed by atoms with E-state index in [9.17, 15) is 18.4 Å². The molecule has 2 N–H and O–H groups in total. The van der Waals surface area contributed by atoms with Crippen molar-refractivity contribution in [3.63, 3.8) is 0 Å². The number of aliphatic carboxylic acids is 1. The fourth-order valence-corrected chi connectivity index (χ4v) is 1.50. The highest BCUT2D eigenvalue weighted by atomic mass is 19.3. The zero-order valence-electron chi connectivity index (χ0n) is 9.77. The first-order valence-corrected chi connectivity index (χ1v) is 5.42. The zero-order chi connectivity index (χ0) is 13.7. The topological polar surface area (TPSA) is 71.3 Å². The molecular weight excluding hydrogens is 246 g/mol. The van der Waals surface area contributed by atoms with Gasteiger partial charge in [0.25, 0.3) is 12.3 Å². The number of nitrogens with zero attached hydrogens (tertiary/aromatic N) is 1. The molecule has 1 heterocycles. The Morgan fingerprint density at radius 1 is 1.50 bits per heavy atom. The monoisotopic (exact) mass is 260 g/mol. The standard InChI is InChI=1S/C11H14F2N2O3/c1-2-7(11(17)18)14-10(16)8-4-3-5-15(8)6-9(12)13/h3-5,7,9H,2,6H2,1H3,(H,14,16)(H,17,18)/t7-/m0/s1. The summed E-state index contributed by atoms with van der Waals surface area (Å²) in [6, 6.07) is 1.80. The minimum atomic E-state index is -2.58. The molecule has 0 aromatic carbocycles. The largest absolute Gasteiger partial charge is 0.480 e. The molecule has 7 heteroatoms. The highest BCUT2D eigenvalue weighted by Crippen LogP contribution is 2.07. The van der Waals surface area contributed by atoms with Crippen LogP contribution in [0.4, 0.5) is 8.78 Å². The molecule has 18 heavy (non-hydrogen) atoms. The number of hydrogen-bond acceptors (Lipinski definition) is 2. The quantitative estimate of drug-likeness (QED) is 0.811. The number of amides is 1. The van der Waals surface area contributed by atoms with Crippen LogP contribution in [0.5, 0.6) is 0 Å².